The lowest BCUT2D eigenvalue weighted by atomic mass is 9.93. The van der Waals surface area contributed by atoms with Crippen LogP contribution in [-0.4, -0.2) is 30.3 Å². The van der Waals surface area contributed by atoms with Gasteiger partial charge in [0.25, 0.3) is 0 Å². The van der Waals surface area contributed by atoms with Crippen molar-refractivity contribution in [2.45, 2.75) is 45.0 Å². The fourth-order valence-electron chi connectivity index (χ4n) is 4.53. The van der Waals surface area contributed by atoms with Gasteiger partial charge >= 0.3 is 0 Å². The Balaban J connectivity index is 1.50. The molecule has 0 saturated heterocycles. The minimum Gasteiger partial charge on any atom is -0.493 e. The zero-order valence-corrected chi connectivity index (χ0v) is 23.8. The van der Waals surface area contributed by atoms with Crippen LogP contribution in [0.4, 0.5) is 8.78 Å². The molecule has 4 nitrogen and oxygen atoms in total. The lowest BCUT2D eigenvalue weighted by molar-refractivity contribution is -0.105. The molecule has 3 aromatic carbocycles. The molecule has 0 heterocycles. The molecule has 0 fully saturated rings. The SMILES string of the molecule is Cc1c(COC2C=C(OCc3cc(F)cc(F)c3)C(C=O)=CC2Cl)cccc1-c1cccc(OCCCCl)c1C. The van der Waals surface area contributed by atoms with Gasteiger partial charge in [-0.25, -0.2) is 8.78 Å². The van der Waals surface area contributed by atoms with Gasteiger partial charge in [0.2, 0.25) is 0 Å². The highest BCUT2D eigenvalue weighted by Crippen LogP contribution is 2.34. The lowest BCUT2D eigenvalue weighted by Crippen LogP contribution is -2.26. The van der Waals surface area contributed by atoms with Crippen LogP contribution in [0, 0.1) is 25.5 Å². The molecule has 2 unspecified atom stereocenters. The van der Waals surface area contributed by atoms with E-state index < -0.39 is 23.1 Å². The third-order valence-electron chi connectivity index (χ3n) is 6.68. The van der Waals surface area contributed by atoms with Crippen LogP contribution in [0.25, 0.3) is 11.1 Å². The molecular formula is C32H30Cl2F2O4. The van der Waals surface area contributed by atoms with Crippen molar-refractivity contribution in [2.24, 2.45) is 0 Å². The summed E-state index contributed by atoms with van der Waals surface area (Å²) in [6.45, 7) is 4.78. The summed E-state index contributed by atoms with van der Waals surface area (Å²) < 4.78 is 45.0. The maximum atomic E-state index is 13.6. The minimum absolute atomic E-state index is 0.124. The Morgan fingerprint density at radius 3 is 2.30 bits per heavy atom. The number of rotatable bonds is 12. The Kier molecular flexibility index (Phi) is 10.4. The summed E-state index contributed by atoms with van der Waals surface area (Å²) in [4.78, 5) is 11.6. The van der Waals surface area contributed by atoms with E-state index in [4.69, 9.17) is 37.4 Å². The van der Waals surface area contributed by atoms with Gasteiger partial charge in [0.15, 0.2) is 6.29 Å². The number of benzene rings is 3. The summed E-state index contributed by atoms with van der Waals surface area (Å²) in [5, 5.41) is -0.605. The van der Waals surface area contributed by atoms with Crippen molar-refractivity contribution < 1.29 is 27.8 Å². The molecule has 0 bridgehead atoms. The lowest BCUT2D eigenvalue weighted by Gasteiger charge is -2.25. The summed E-state index contributed by atoms with van der Waals surface area (Å²) >= 11 is 12.3. The molecule has 4 rings (SSSR count). The van der Waals surface area contributed by atoms with E-state index in [1.165, 1.54) is 12.1 Å². The van der Waals surface area contributed by atoms with Crippen LogP contribution >= 0.6 is 23.2 Å². The number of hydrogen-bond donors (Lipinski definition) is 0. The molecule has 0 amide bonds. The zero-order valence-electron chi connectivity index (χ0n) is 22.3. The molecule has 210 valence electrons. The van der Waals surface area contributed by atoms with Crippen molar-refractivity contribution >= 4 is 29.5 Å². The van der Waals surface area contributed by atoms with Gasteiger partial charge in [-0.05, 0) is 84.0 Å². The first-order valence-corrected chi connectivity index (χ1v) is 13.9. The number of alkyl halides is 2. The fourth-order valence-corrected chi connectivity index (χ4v) is 4.92. The van der Waals surface area contributed by atoms with Gasteiger partial charge < -0.3 is 14.2 Å². The molecule has 1 aliphatic rings. The van der Waals surface area contributed by atoms with Crippen molar-refractivity contribution in [2.75, 3.05) is 12.5 Å². The first kappa shape index (κ1) is 29.8. The topological polar surface area (TPSA) is 44.8 Å². The van der Waals surface area contributed by atoms with E-state index in [9.17, 15) is 13.6 Å². The quantitative estimate of drug-likeness (QED) is 0.122. The van der Waals surface area contributed by atoms with Gasteiger partial charge in [-0.3, -0.25) is 4.79 Å². The number of carbonyl (C=O) groups is 1. The molecule has 0 N–H and O–H groups in total. The average molecular weight is 587 g/mol. The van der Waals surface area contributed by atoms with E-state index in [0.717, 1.165) is 46.1 Å². The Morgan fingerprint density at radius 1 is 0.900 bits per heavy atom. The van der Waals surface area contributed by atoms with E-state index in [2.05, 4.69) is 12.1 Å². The number of ether oxygens (including phenoxy) is 3. The molecule has 0 aromatic heterocycles. The monoisotopic (exact) mass is 586 g/mol. The second kappa shape index (κ2) is 13.9. The molecule has 0 saturated carbocycles. The highest BCUT2D eigenvalue weighted by molar-refractivity contribution is 6.22. The predicted molar refractivity (Wildman–Crippen MR) is 154 cm³/mol. The Labute approximate surface area is 243 Å². The molecular weight excluding hydrogens is 557 g/mol. The van der Waals surface area contributed by atoms with E-state index in [0.29, 0.717) is 24.3 Å². The van der Waals surface area contributed by atoms with Crippen LogP contribution in [0.3, 0.4) is 0 Å². The van der Waals surface area contributed by atoms with Gasteiger partial charge in [0.1, 0.15) is 29.8 Å². The van der Waals surface area contributed by atoms with Crippen LogP contribution in [0.5, 0.6) is 5.75 Å². The van der Waals surface area contributed by atoms with Crippen LogP contribution in [0.2, 0.25) is 0 Å². The summed E-state index contributed by atoms with van der Waals surface area (Å²) in [7, 11) is 0. The maximum Gasteiger partial charge on any atom is 0.153 e. The second-order valence-corrected chi connectivity index (χ2v) is 10.3. The molecule has 0 spiro atoms. The van der Waals surface area contributed by atoms with Crippen molar-refractivity contribution in [3.8, 4) is 16.9 Å². The van der Waals surface area contributed by atoms with Gasteiger partial charge in [-0.15, -0.1) is 23.2 Å². The van der Waals surface area contributed by atoms with E-state index >= 15 is 0 Å². The summed E-state index contributed by atoms with van der Waals surface area (Å²) in [6.07, 6.45) is 4.00. The predicted octanol–water partition coefficient (Wildman–Crippen LogP) is 7.99. The van der Waals surface area contributed by atoms with Crippen LogP contribution < -0.4 is 4.74 Å². The fraction of sp³-hybridized carbons (Fsp3) is 0.281. The molecule has 8 heteroatoms. The largest absolute Gasteiger partial charge is 0.493 e. The van der Waals surface area contributed by atoms with Crippen molar-refractivity contribution in [3.63, 3.8) is 0 Å². The minimum atomic E-state index is -0.706. The molecule has 0 aliphatic heterocycles. The maximum absolute atomic E-state index is 13.6. The van der Waals surface area contributed by atoms with Crippen LogP contribution in [0.15, 0.2) is 78.1 Å². The number of aldehydes is 1. The standard InChI is InChI=1S/C32H30Cl2F2O4/c1-20-23(6-3-7-27(20)28-8-4-9-30(21(28)2)38-11-5-10-33)19-40-32-16-31(24(17-37)14-29(32)34)39-18-22-12-25(35)15-26(36)13-22/h3-4,6-9,12-17,29,32H,5,10-11,18-19H2,1-2H3. The highest BCUT2D eigenvalue weighted by Gasteiger charge is 2.25. The second-order valence-electron chi connectivity index (χ2n) is 9.47. The molecule has 3 aromatic rings. The van der Waals surface area contributed by atoms with Gasteiger partial charge in [0, 0.05) is 11.9 Å². The van der Waals surface area contributed by atoms with Gasteiger partial charge in [-0.2, -0.15) is 0 Å². The van der Waals surface area contributed by atoms with Crippen molar-refractivity contribution in [1.29, 1.82) is 0 Å². The van der Waals surface area contributed by atoms with E-state index in [1.807, 2.05) is 38.1 Å². The Hall–Kier alpha value is -3.19. The number of hydrogen-bond acceptors (Lipinski definition) is 4. The Bertz CT molecular complexity index is 1400. The smallest absolute Gasteiger partial charge is 0.153 e. The number of carbonyl (C=O) groups excluding carboxylic acids is 1. The molecule has 2 atom stereocenters. The number of allylic oxidation sites excluding steroid dienone is 1. The average Bonchev–Trinajstić information content (AvgIpc) is 2.93. The first-order valence-electron chi connectivity index (χ1n) is 12.9. The zero-order chi connectivity index (χ0) is 28.6. The van der Waals surface area contributed by atoms with Crippen molar-refractivity contribution in [3.05, 3.63) is 112 Å². The Morgan fingerprint density at radius 2 is 1.60 bits per heavy atom. The molecule has 1 aliphatic carbocycles. The number of halogens is 4. The molecule has 40 heavy (non-hydrogen) atoms. The summed E-state index contributed by atoms with van der Waals surface area (Å²) in [5.74, 6) is 0.206. The molecule has 0 radical (unpaired) electrons. The summed E-state index contributed by atoms with van der Waals surface area (Å²) in [5.41, 5.74) is 5.76. The highest BCUT2D eigenvalue weighted by atomic mass is 35.5. The van der Waals surface area contributed by atoms with Gasteiger partial charge in [-0.1, -0.05) is 30.3 Å². The van der Waals surface area contributed by atoms with E-state index in [1.54, 1.807) is 12.2 Å². The third kappa shape index (κ3) is 7.30. The normalized spacial score (nSPS) is 16.8. The van der Waals surface area contributed by atoms with E-state index in [-0.39, 0.29) is 24.5 Å². The van der Waals surface area contributed by atoms with Crippen LogP contribution in [0.1, 0.15) is 28.7 Å². The first-order chi connectivity index (χ1) is 19.3. The van der Waals surface area contributed by atoms with Gasteiger partial charge in [0.05, 0.1) is 30.3 Å². The summed E-state index contributed by atoms with van der Waals surface area (Å²) in [6, 6.07) is 15.2. The van der Waals surface area contributed by atoms with Crippen molar-refractivity contribution in [1.82, 2.24) is 0 Å². The third-order valence-corrected chi connectivity index (χ3v) is 7.33. The van der Waals surface area contributed by atoms with Crippen LogP contribution in [-0.2, 0) is 27.5 Å².